The molecule has 4 heteroatoms. The fourth-order valence-corrected chi connectivity index (χ4v) is 2.78. The highest BCUT2D eigenvalue weighted by molar-refractivity contribution is 6.30. The van der Waals surface area contributed by atoms with E-state index in [9.17, 15) is 4.79 Å². The van der Waals surface area contributed by atoms with Crippen LogP contribution < -0.4 is 5.32 Å². The van der Waals surface area contributed by atoms with Gasteiger partial charge in [0.15, 0.2) is 0 Å². The van der Waals surface area contributed by atoms with Crippen LogP contribution in [0.4, 0.5) is 0 Å². The monoisotopic (exact) mass is 294 g/mol. The molecule has 0 spiro atoms. The van der Waals surface area contributed by atoms with Crippen molar-refractivity contribution in [2.75, 3.05) is 19.6 Å². The zero-order valence-electron chi connectivity index (χ0n) is 12.1. The van der Waals surface area contributed by atoms with Gasteiger partial charge in [0.05, 0.1) is 5.92 Å². The van der Waals surface area contributed by atoms with Gasteiger partial charge in [-0.1, -0.05) is 30.7 Å². The predicted octanol–water partition coefficient (Wildman–Crippen LogP) is 3.08. The summed E-state index contributed by atoms with van der Waals surface area (Å²) >= 11 is 5.90. The molecule has 0 saturated carbocycles. The highest BCUT2D eigenvalue weighted by Crippen LogP contribution is 2.19. The van der Waals surface area contributed by atoms with Crippen LogP contribution in [0.15, 0.2) is 24.3 Å². The Hall–Kier alpha value is -1.06. The minimum Gasteiger partial charge on any atom is -0.356 e. The maximum atomic E-state index is 12.0. The van der Waals surface area contributed by atoms with Crippen molar-refractivity contribution in [2.45, 2.75) is 32.7 Å². The molecule has 1 aliphatic heterocycles. The number of amides is 1. The molecule has 1 aromatic rings. The van der Waals surface area contributed by atoms with Gasteiger partial charge in [0.25, 0.3) is 0 Å². The molecule has 1 fully saturated rings. The van der Waals surface area contributed by atoms with E-state index in [0.29, 0.717) is 0 Å². The summed E-state index contributed by atoms with van der Waals surface area (Å²) in [5.41, 5.74) is 1.25. The summed E-state index contributed by atoms with van der Waals surface area (Å²) < 4.78 is 0. The molecule has 0 bridgehead atoms. The van der Waals surface area contributed by atoms with Crippen LogP contribution in [0, 0.1) is 5.92 Å². The number of nitrogens with zero attached hydrogens (tertiary/aromatic N) is 1. The van der Waals surface area contributed by atoms with Crippen molar-refractivity contribution in [1.82, 2.24) is 10.2 Å². The number of piperidine rings is 1. The Morgan fingerprint density at radius 2 is 2.15 bits per heavy atom. The number of carbonyl (C=O) groups is 1. The van der Waals surface area contributed by atoms with Crippen LogP contribution in [0.25, 0.3) is 0 Å². The van der Waals surface area contributed by atoms with Crippen molar-refractivity contribution < 1.29 is 4.79 Å². The normalized spacial score (nSPS) is 19.8. The fourth-order valence-electron chi connectivity index (χ4n) is 2.65. The molecule has 110 valence electrons. The number of likely N-dealkylation sites (tertiary alicyclic amines) is 1. The van der Waals surface area contributed by atoms with Crippen LogP contribution in [-0.2, 0) is 11.3 Å². The van der Waals surface area contributed by atoms with E-state index >= 15 is 0 Å². The first-order chi connectivity index (χ1) is 9.69. The molecule has 1 atom stereocenters. The van der Waals surface area contributed by atoms with Gasteiger partial charge < -0.3 is 5.32 Å². The number of halogens is 1. The zero-order chi connectivity index (χ0) is 14.4. The van der Waals surface area contributed by atoms with Crippen molar-refractivity contribution in [2.24, 2.45) is 5.92 Å². The third-order valence-electron chi connectivity index (χ3n) is 3.74. The third kappa shape index (κ3) is 4.50. The highest BCUT2D eigenvalue weighted by atomic mass is 35.5. The summed E-state index contributed by atoms with van der Waals surface area (Å²) in [5, 5.41) is 3.78. The molecular formula is C16H23ClN2O. The molecular weight excluding hydrogens is 272 g/mol. The lowest BCUT2D eigenvalue weighted by molar-refractivity contribution is -0.126. The molecule has 0 aliphatic carbocycles. The molecule has 20 heavy (non-hydrogen) atoms. The van der Waals surface area contributed by atoms with Gasteiger partial charge >= 0.3 is 0 Å². The second-order valence-corrected chi connectivity index (χ2v) is 5.93. The number of nitrogens with one attached hydrogen (secondary N) is 1. The van der Waals surface area contributed by atoms with E-state index in [1.165, 1.54) is 5.56 Å². The third-order valence-corrected chi connectivity index (χ3v) is 4.00. The van der Waals surface area contributed by atoms with E-state index in [1.54, 1.807) is 0 Å². The van der Waals surface area contributed by atoms with E-state index in [0.717, 1.165) is 50.5 Å². The maximum absolute atomic E-state index is 12.0. The fraction of sp³-hybridized carbons (Fsp3) is 0.562. The Kier molecular flexibility index (Phi) is 5.86. The van der Waals surface area contributed by atoms with Crippen molar-refractivity contribution in [3.63, 3.8) is 0 Å². The Balaban J connectivity index is 1.86. The van der Waals surface area contributed by atoms with Crippen LogP contribution in [0.3, 0.4) is 0 Å². The summed E-state index contributed by atoms with van der Waals surface area (Å²) in [4.78, 5) is 14.4. The SMILES string of the molecule is CCCNC(=O)[C@H]1CCCN(Cc2ccc(Cl)cc2)C1. The molecule has 3 nitrogen and oxygen atoms in total. The Labute approximate surface area is 126 Å². The van der Waals surface area contributed by atoms with Crippen LogP contribution in [0.5, 0.6) is 0 Å². The summed E-state index contributed by atoms with van der Waals surface area (Å²) in [7, 11) is 0. The summed E-state index contributed by atoms with van der Waals surface area (Å²) in [6, 6.07) is 7.96. The number of benzene rings is 1. The summed E-state index contributed by atoms with van der Waals surface area (Å²) in [5.74, 6) is 0.357. The van der Waals surface area contributed by atoms with Gasteiger partial charge in [-0.2, -0.15) is 0 Å². The molecule has 1 heterocycles. The van der Waals surface area contributed by atoms with Crippen LogP contribution in [0.1, 0.15) is 31.7 Å². The van der Waals surface area contributed by atoms with E-state index in [-0.39, 0.29) is 11.8 Å². The number of rotatable bonds is 5. The Morgan fingerprint density at radius 3 is 2.85 bits per heavy atom. The molecule has 1 aliphatic rings. The first-order valence-electron chi connectivity index (χ1n) is 7.43. The largest absolute Gasteiger partial charge is 0.356 e. The Bertz CT molecular complexity index is 433. The molecule has 0 aromatic heterocycles. The first kappa shape index (κ1) is 15.3. The molecule has 1 saturated heterocycles. The second-order valence-electron chi connectivity index (χ2n) is 5.49. The molecule has 1 N–H and O–H groups in total. The van der Waals surface area contributed by atoms with Crippen LogP contribution in [0.2, 0.25) is 5.02 Å². The second kappa shape index (κ2) is 7.65. The van der Waals surface area contributed by atoms with Gasteiger partial charge in [-0.05, 0) is 43.5 Å². The van der Waals surface area contributed by atoms with Crippen LogP contribution in [-0.4, -0.2) is 30.4 Å². The van der Waals surface area contributed by atoms with E-state index in [2.05, 4.69) is 29.3 Å². The quantitative estimate of drug-likeness (QED) is 0.905. The number of carbonyl (C=O) groups excluding carboxylic acids is 1. The van der Waals surface area contributed by atoms with E-state index < -0.39 is 0 Å². The van der Waals surface area contributed by atoms with Gasteiger partial charge in [-0.3, -0.25) is 9.69 Å². The maximum Gasteiger partial charge on any atom is 0.224 e. The summed E-state index contributed by atoms with van der Waals surface area (Å²) in [6.07, 6.45) is 3.09. The highest BCUT2D eigenvalue weighted by Gasteiger charge is 2.25. The van der Waals surface area contributed by atoms with E-state index in [1.807, 2.05) is 12.1 Å². The van der Waals surface area contributed by atoms with Crippen molar-refractivity contribution in [3.8, 4) is 0 Å². The van der Waals surface area contributed by atoms with Gasteiger partial charge in [-0.15, -0.1) is 0 Å². The smallest absolute Gasteiger partial charge is 0.224 e. The van der Waals surface area contributed by atoms with Gasteiger partial charge in [0.2, 0.25) is 5.91 Å². The number of hydrogen-bond donors (Lipinski definition) is 1. The Morgan fingerprint density at radius 1 is 1.40 bits per heavy atom. The minimum atomic E-state index is 0.141. The molecule has 0 radical (unpaired) electrons. The topological polar surface area (TPSA) is 32.3 Å². The predicted molar refractivity (Wildman–Crippen MR) is 82.8 cm³/mol. The molecule has 2 rings (SSSR count). The lowest BCUT2D eigenvalue weighted by Crippen LogP contribution is -2.42. The molecule has 0 unspecified atom stereocenters. The van der Waals surface area contributed by atoms with Crippen LogP contribution >= 0.6 is 11.6 Å². The zero-order valence-corrected chi connectivity index (χ0v) is 12.8. The average molecular weight is 295 g/mol. The van der Waals surface area contributed by atoms with E-state index in [4.69, 9.17) is 11.6 Å². The standard InChI is InChI=1S/C16H23ClN2O/c1-2-9-18-16(20)14-4-3-10-19(12-14)11-13-5-7-15(17)8-6-13/h5-8,14H,2-4,9-12H2,1H3,(H,18,20)/t14-/m0/s1. The van der Waals surface area contributed by atoms with Gasteiger partial charge in [0.1, 0.15) is 0 Å². The molecule has 1 amide bonds. The van der Waals surface area contributed by atoms with Gasteiger partial charge in [-0.25, -0.2) is 0 Å². The first-order valence-corrected chi connectivity index (χ1v) is 7.81. The molecule has 1 aromatic carbocycles. The average Bonchev–Trinajstić information content (AvgIpc) is 2.47. The summed E-state index contributed by atoms with van der Waals surface area (Å²) in [6.45, 7) is 5.69. The lowest BCUT2D eigenvalue weighted by Gasteiger charge is -2.32. The van der Waals surface area contributed by atoms with Crippen molar-refractivity contribution in [3.05, 3.63) is 34.9 Å². The van der Waals surface area contributed by atoms with Gasteiger partial charge in [0, 0.05) is 24.7 Å². The number of hydrogen-bond acceptors (Lipinski definition) is 2. The van der Waals surface area contributed by atoms with Crippen molar-refractivity contribution >= 4 is 17.5 Å². The lowest BCUT2D eigenvalue weighted by atomic mass is 9.96. The van der Waals surface area contributed by atoms with Crippen molar-refractivity contribution in [1.29, 1.82) is 0 Å². The minimum absolute atomic E-state index is 0.141.